The van der Waals surface area contributed by atoms with Crippen molar-refractivity contribution >= 4 is 11.9 Å². The number of hydrogen-bond donors (Lipinski definition) is 0. The van der Waals surface area contributed by atoms with Crippen LogP contribution in [0.5, 0.6) is 11.5 Å². The summed E-state index contributed by atoms with van der Waals surface area (Å²) in [5.41, 5.74) is 3.48. The SMILES string of the molecule is CCC(=O)O[C@H]1C=C2CCN3Cc4cc5c(cc4[C@@H](C23)[C@@H]1OC(C)=O)OCO5. The average molecular weight is 385 g/mol. The topological polar surface area (TPSA) is 74.3 Å². The third-order valence-corrected chi connectivity index (χ3v) is 6.08. The van der Waals surface area contributed by atoms with E-state index in [1.165, 1.54) is 12.5 Å². The van der Waals surface area contributed by atoms with Gasteiger partial charge in [-0.2, -0.15) is 0 Å². The van der Waals surface area contributed by atoms with Gasteiger partial charge in [0.2, 0.25) is 6.79 Å². The van der Waals surface area contributed by atoms with Crippen molar-refractivity contribution in [1.82, 2.24) is 4.90 Å². The maximum absolute atomic E-state index is 12.0. The Bertz CT molecular complexity index is 878. The smallest absolute Gasteiger partial charge is 0.306 e. The van der Waals surface area contributed by atoms with E-state index in [-0.39, 0.29) is 37.1 Å². The molecule has 1 fully saturated rings. The van der Waals surface area contributed by atoms with Gasteiger partial charge in [-0.1, -0.05) is 12.5 Å². The van der Waals surface area contributed by atoms with Crippen molar-refractivity contribution in [3.63, 3.8) is 0 Å². The first kappa shape index (κ1) is 17.6. The standard InChI is InChI=1S/C21H23NO6/c1-3-18(24)28-17-6-12-4-5-22-9-13-7-15-16(26-10-25-15)8-14(13)19(20(12)22)21(17)27-11(2)23/h6-8,17,19-21H,3-5,9-10H2,1-2H3/t17-,19-,20?,21+/m0/s1. The van der Waals surface area contributed by atoms with Crippen molar-refractivity contribution in [1.29, 1.82) is 0 Å². The Morgan fingerprint density at radius 3 is 2.75 bits per heavy atom. The van der Waals surface area contributed by atoms with Crippen LogP contribution in [0.1, 0.15) is 43.7 Å². The van der Waals surface area contributed by atoms with Crippen LogP contribution in [0, 0.1) is 0 Å². The van der Waals surface area contributed by atoms with E-state index in [1.54, 1.807) is 6.92 Å². The molecule has 1 aromatic rings. The Balaban J connectivity index is 1.62. The lowest BCUT2D eigenvalue weighted by atomic mass is 9.73. The summed E-state index contributed by atoms with van der Waals surface area (Å²) < 4.78 is 22.6. The van der Waals surface area contributed by atoms with Gasteiger partial charge < -0.3 is 18.9 Å². The van der Waals surface area contributed by atoms with Crippen LogP contribution in [0.15, 0.2) is 23.8 Å². The van der Waals surface area contributed by atoms with Gasteiger partial charge in [-0.25, -0.2) is 0 Å². The molecule has 0 saturated carbocycles. The first-order chi connectivity index (χ1) is 13.5. The number of rotatable bonds is 3. The number of esters is 2. The Hall–Kier alpha value is -2.54. The predicted molar refractivity (Wildman–Crippen MR) is 97.9 cm³/mol. The van der Waals surface area contributed by atoms with E-state index in [0.29, 0.717) is 5.75 Å². The molecule has 1 unspecified atom stereocenters. The van der Waals surface area contributed by atoms with E-state index >= 15 is 0 Å². The minimum Gasteiger partial charge on any atom is -0.458 e. The van der Waals surface area contributed by atoms with E-state index in [2.05, 4.69) is 4.90 Å². The second-order valence-corrected chi connectivity index (χ2v) is 7.72. The average Bonchev–Trinajstić information content (AvgIpc) is 3.28. The van der Waals surface area contributed by atoms with Crippen LogP contribution in [0.3, 0.4) is 0 Å². The lowest BCUT2D eigenvalue weighted by molar-refractivity contribution is -0.166. The highest BCUT2D eigenvalue weighted by Gasteiger charge is 2.52. The monoisotopic (exact) mass is 385 g/mol. The van der Waals surface area contributed by atoms with Gasteiger partial charge in [0.25, 0.3) is 0 Å². The van der Waals surface area contributed by atoms with E-state index in [4.69, 9.17) is 18.9 Å². The molecule has 3 heterocycles. The fraction of sp³-hybridized carbons (Fsp3) is 0.524. The number of ether oxygens (including phenoxy) is 4. The number of carbonyl (C=O) groups excluding carboxylic acids is 2. The van der Waals surface area contributed by atoms with Gasteiger partial charge in [0, 0.05) is 38.4 Å². The molecule has 1 aliphatic carbocycles. The van der Waals surface area contributed by atoms with Crippen LogP contribution >= 0.6 is 0 Å². The van der Waals surface area contributed by atoms with Crippen molar-refractivity contribution in [3.05, 3.63) is 34.9 Å². The molecule has 0 radical (unpaired) electrons. The zero-order chi connectivity index (χ0) is 19.4. The highest BCUT2D eigenvalue weighted by molar-refractivity contribution is 5.70. The molecular formula is C21H23NO6. The van der Waals surface area contributed by atoms with Crippen molar-refractivity contribution < 1.29 is 28.5 Å². The fourth-order valence-electron chi connectivity index (χ4n) is 4.98. The molecule has 3 aliphatic heterocycles. The van der Waals surface area contributed by atoms with Crippen LogP contribution in [-0.2, 0) is 25.6 Å². The summed E-state index contributed by atoms with van der Waals surface area (Å²) in [4.78, 5) is 26.4. The summed E-state index contributed by atoms with van der Waals surface area (Å²) >= 11 is 0. The number of nitrogens with zero attached hydrogens (tertiary/aromatic N) is 1. The van der Waals surface area contributed by atoms with Crippen LogP contribution in [-0.4, -0.2) is 48.4 Å². The maximum atomic E-state index is 12.0. The molecular weight excluding hydrogens is 362 g/mol. The summed E-state index contributed by atoms with van der Waals surface area (Å²) in [6.45, 7) is 5.12. The molecule has 7 nitrogen and oxygen atoms in total. The number of fused-ring (bicyclic) bond motifs is 3. The quantitative estimate of drug-likeness (QED) is 0.584. The molecule has 0 bridgehead atoms. The Kier molecular flexibility index (Phi) is 4.08. The van der Waals surface area contributed by atoms with Crippen molar-refractivity contribution in [2.75, 3.05) is 13.3 Å². The molecule has 28 heavy (non-hydrogen) atoms. The van der Waals surface area contributed by atoms with Gasteiger partial charge in [-0.3, -0.25) is 14.5 Å². The predicted octanol–water partition coefficient (Wildman–Crippen LogP) is 2.28. The maximum Gasteiger partial charge on any atom is 0.306 e. The summed E-state index contributed by atoms with van der Waals surface area (Å²) in [7, 11) is 0. The zero-order valence-corrected chi connectivity index (χ0v) is 16.0. The third-order valence-electron chi connectivity index (χ3n) is 6.08. The second-order valence-electron chi connectivity index (χ2n) is 7.72. The van der Waals surface area contributed by atoms with E-state index in [9.17, 15) is 9.59 Å². The minimum atomic E-state index is -0.580. The summed E-state index contributed by atoms with van der Waals surface area (Å²) in [5, 5.41) is 0. The van der Waals surface area contributed by atoms with Gasteiger partial charge in [-0.05, 0) is 35.8 Å². The third kappa shape index (κ3) is 2.68. The molecule has 4 aliphatic rings. The van der Waals surface area contributed by atoms with Crippen LogP contribution in [0.4, 0.5) is 0 Å². The van der Waals surface area contributed by atoms with Crippen molar-refractivity contribution in [2.24, 2.45) is 0 Å². The highest BCUT2D eigenvalue weighted by Crippen LogP contribution is 2.50. The molecule has 5 rings (SSSR count). The van der Waals surface area contributed by atoms with E-state index < -0.39 is 12.2 Å². The van der Waals surface area contributed by atoms with Crippen LogP contribution in [0.2, 0.25) is 0 Å². The fourth-order valence-corrected chi connectivity index (χ4v) is 4.98. The van der Waals surface area contributed by atoms with E-state index in [1.807, 2.05) is 18.2 Å². The molecule has 0 aromatic heterocycles. The highest BCUT2D eigenvalue weighted by atomic mass is 16.7. The lowest BCUT2D eigenvalue weighted by Gasteiger charge is -2.46. The van der Waals surface area contributed by atoms with Crippen LogP contribution in [0.25, 0.3) is 0 Å². The molecule has 1 saturated heterocycles. The number of hydrogen-bond acceptors (Lipinski definition) is 7. The van der Waals surface area contributed by atoms with Gasteiger partial charge in [-0.15, -0.1) is 0 Å². The number of carbonyl (C=O) groups is 2. The van der Waals surface area contributed by atoms with Gasteiger partial charge in [0.1, 0.15) is 0 Å². The van der Waals surface area contributed by atoms with E-state index in [0.717, 1.165) is 36.4 Å². The first-order valence-corrected chi connectivity index (χ1v) is 9.79. The summed E-state index contributed by atoms with van der Waals surface area (Å²) in [6.07, 6.45) is 2.06. The lowest BCUT2D eigenvalue weighted by Crippen LogP contribution is -2.52. The Labute approximate surface area is 163 Å². The van der Waals surface area contributed by atoms with Gasteiger partial charge >= 0.3 is 11.9 Å². The van der Waals surface area contributed by atoms with Gasteiger partial charge in [0.15, 0.2) is 23.7 Å². The molecule has 0 amide bonds. The largest absolute Gasteiger partial charge is 0.458 e. The molecule has 4 atom stereocenters. The second kappa shape index (κ2) is 6.51. The van der Waals surface area contributed by atoms with Crippen LogP contribution < -0.4 is 9.47 Å². The summed E-state index contributed by atoms with van der Waals surface area (Å²) in [5.74, 6) is 0.677. The Morgan fingerprint density at radius 1 is 1.21 bits per heavy atom. The minimum absolute atomic E-state index is 0.112. The zero-order valence-electron chi connectivity index (χ0n) is 16.0. The number of benzene rings is 1. The molecule has 0 spiro atoms. The van der Waals surface area contributed by atoms with Crippen molar-refractivity contribution in [3.8, 4) is 11.5 Å². The molecule has 148 valence electrons. The summed E-state index contributed by atoms with van der Waals surface area (Å²) in [6, 6.07) is 4.19. The molecule has 7 heteroatoms. The normalized spacial score (nSPS) is 29.6. The molecule has 0 N–H and O–H groups in total. The first-order valence-electron chi connectivity index (χ1n) is 9.79. The van der Waals surface area contributed by atoms with Crippen molar-refractivity contribution in [2.45, 2.75) is 57.4 Å². The Morgan fingerprint density at radius 2 is 2.00 bits per heavy atom. The van der Waals surface area contributed by atoms with Gasteiger partial charge in [0.05, 0.1) is 0 Å². The molecule has 1 aromatic carbocycles.